The van der Waals surface area contributed by atoms with E-state index in [-0.39, 0.29) is 40.8 Å². The molecule has 4 aromatic rings. The first-order chi connectivity index (χ1) is 22.1. The van der Waals surface area contributed by atoms with Gasteiger partial charge in [-0.2, -0.15) is 9.97 Å². The van der Waals surface area contributed by atoms with Gasteiger partial charge in [-0.15, -0.1) is 0 Å². The van der Waals surface area contributed by atoms with Crippen LogP contribution >= 0.6 is 7.75 Å². The molecule has 1 fully saturated rings. The van der Waals surface area contributed by atoms with Gasteiger partial charge in [0.1, 0.15) is 23.6 Å². The minimum absolute atomic E-state index is 0.0823. The largest absolute Gasteiger partial charge is 0.476 e. The van der Waals surface area contributed by atoms with Gasteiger partial charge in [0.25, 0.3) is 0 Å². The molecule has 0 amide bonds. The van der Waals surface area contributed by atoms with Crippen LogP contribution in [0.2, 0.25) is 0 Å². The van der Waals surface area contributed by atoms with Crippen LogP contribution in [-0.4, -0.2) is 84.8 Å². The molecule has 0 saturated carbocycles. The molecule has 7 atom stereocenters. The Kier molecular flexibility index (Phi) is 10.1. The van der Waals surface area contributed by atoms with E-state index in [4.69, 9.17) is 29.0 Å². The summed E-state index contributed by atoms with van der Waals surface area (Å²) >= 11 is 0. The standard InChI is InChI=1S/C31H43N6O9P/c1-7-42-26-23-25(34-29(32)35-26)37(17-33-23)28-31(6,40)24(38)22(45-28)15-44-47(41,36-18(2)27(39)43-16-30(3,4)5)46-21-14-10-12-19-11-8-9-13-20(19)21/h8-14,17-18,22,24,27-28,38-40H,7,15-16H2,1-6H3,(H,36,41)(H2,32,34,35)/t18-,22+,24+,27?,28?,31+,47?/m0/s1. The van der Waals surface area contributed by atoms with Gasteiger partial charge in [-0.3, -0.25) is 9.09 Å². The van der Waals surface area contributed by atoms with E-state index in [0.29, 0.717) is 12.0 Å². The first-order valence-electron chi connectivity index (χ1n) is 15.3. The average Bonchev–Trinajstić information content (AvgIpc) is 3.52. The molecule has 3 heterocycles. The van der Waals surface area contributed by atoms with Crippen molar-refractivity contribution in [2.75, 3.05) is 25.6 Å². The monoisotopic (exact) mass is 674 g/mol. The lowest BCUT2D eigenvalue weighted by Gasteiger charge is -2.29. The number of benzene rings is 2. The van der Waals surface area contributed by atoms with Gasteiger partial charge < -0.3 is 39.8 Å². The molecule has 0 spiro atoms. The minimum atomic E-state index is -4.32. The highest BCUT2D eigenvalue weighted by molar-refractivity contribution is 7.52. The number of rotatable bonds is 13. The van der Waals surface area contributed by atoms with E-state index in [1.54, 1.807) is 26.0 Å². The average molecular weight is 675 g/mol. The number of anilines is 1. The highest BCUT2D eigenvalue weighted by atomic mass is 31.2. The summed E-state index contributed by atoms with van der Waals surface area (Å²) in [4.78, 5) is 12.6. The van der Waals surface area contributed by atoms with E-state index in [9.17, 15) is 19.9 Å². The van der Waals surface area contributed by atoms with Crippen LogP contribution in [0.1, 0.15) is 47.8 Å². The molecular formula is C31H43N6O9P. The van der Waals surface area contributed by atoms with E-state index in [2.05, 4.69) is 20.0 Å². The maximum Gasteiger partial charge on any atom is 0.459 e. The summed E-state index contributed by atoms with van der Waals surface area (Å²) in [5, 5.41) is 37.7. The van der Waals surface area contributed by atoms with E-state index in [1.165, 1.54) is 17.8 Å². The Morgan fingerprint density at radius 2 is 1.91 bits per heavy atom. The normalized spacial score (nSPS) is 24.3. The number of nitrogen functional groups attached to an aromatic ring is 1. The smallest absolute Gasteiger partial charge is 0.459 e. The van der Waals surface area contributed by atoms with Crippen molar-refractivity contribution in [3.8, 4) is 11.6 Å². The van der Waals surface area contributed by atoms with Gasteiger partial charge in [0, 0.05) is 5.39 Å². The first kappa shape index (κ1) is 34.9. The molecular weight excluding hydrogens is 631 g/mol. The summed E-state index contributed by atoms with van der Waals surface area (Å²) in [6, 6.07) is 11.8. The predicted octanol–water partition coefficient (Wildman–Crippen LogP) is 3.53. The number of nitrogens with zero attached hydrogens (tertiary/aromatic N) is 4. The van der Waals surface area contributed by atoms with Crippen LogP contribution in [0.25, 0.3) is 21.9 Å². The molecule has 2 aromatic carbocycles. The molecule has 15 nitrogen and oxygen atoms in total. The molecule has 256 valence electrons. The summed E-state index contributed by atoms with van der Waals surface area (Å²) in [6.45, 7) is 10.7. The SMILES string of the molecule is CCOc1nc(N)nc2c1ncn2C1O[C@H](COP(=O)(N[C@@H](C)C(O)OCC(C)(C)C)Oc2cccc3ccccc23)[C@@H](O)[C@@]1(C)O. The third-order valence-electron chi connectivity index (χ3n) is 7.55. The second-order valence-corrected chi connectivity index (χ2v) is 14.6. The molecule has 1 saturated heterocycles. The Labute approximate surface area is 272 Å². The van der Waals surface area contributed by atoms with Crippen molar-refractivity contribution in [2.45, 2.75) is 77.9 Å². The van der Waals surface area contributed by atoms with Crippen molar-refractivity contribution in [1.29, 1.82) is 0 Å². The van der Waals surface area contributed by atoms with Crippen molar-refractivity contribution in [3.05, 3.63) is 48.8 Å². The van der Waals surface area contributed by atoms with Crippen molar-refractivity contribution < 1.29 is 43.1 Å². The maximum atomic E-state index is 14.4. The topological polar surface area (TPSA) is 206 Å². The Morgan fingerprint density at radius 1 is 1.19 bits per heavy atom. The predicted molar refractivity (Wildman–Crippen MR) is 174 cm³/mol. The molecule has 47 heavy (non-hydrogen) atoms. The molecule has 2 aromatic heterocycles. The number of nitrogens with one attached hydrogen (secondary N) is 1. The molecule has 3 unspecified atom stereocenters. The maximum absolute atomic E-state index is 14.4. The zero-order valence-electron chi connectivity index (χ0n) is 27.2. The summed E-state index contributed by atoms with van der Waals surface area (Å²) in [7, 11) is -4.32. The number of aliphatic hydroxyl groups excluding tert-OH is 2. The minimum Gasteiger partial charge on any atom is -0.476 e. The summed E-state index contributed by atoms with van der Waals surface area (Å²) < 4.78 is 45.0. The quantitative estimate of drug-likeness (QED) is 0.102. The zero-order valence-corrected chi connectivity index (χ0v) is 28.1. The number of aromatic nitrogens is 4. The van der Waals surface area contributed by atoms with Crippen LogP contribution in [0.4, 0.5) is 5.95 Å². The van der Waals surface area contributed by atoms with Gasteiger partial charge in [-0.05, 0) is 37.6 Å². The second kappa shape index (κ2) is 13.6. The second-order valence-electron chi connectivity index (χ2n) is 12.9. The number of fused-ring (bicyclic) bond motifs is 2. The van der Waals surface area contributed by atoms with Crippen LogP contribution in [0.5, 0.6) is 11.6 Å². The Morgan fingerprint density at radius 3 is 2.64 bits per heavy atom. The van der Waals surface area contributed by atoms with E-state index in [0.717, 1.165) is 5.39 Å². The van der Waals surface area contributed by atoms with Crippen molar-refractivity contribution >= 4 is 35.6 Å². The van der Waals surface area contributed by atoms with Crippen molar-refractivity contribution in [2.24, 2.45) is 5.41 Å². The number of hydrogen-bond acceptors (Lipinski definition) is 13. The van der Waals surface area contributed by atoms with Gasteiger partial charge >= 0.3 is 7.75 Å². The number of aliphatic hydroxyl groups is 3. The van der Waals surface area contributed by atoms with Gasteiger partial charge in [0.2, 0.25) is 11.8 Å². The molecule has 0 aliphatic carbocycles. The van der Waals surface area contributed by atoms with Crippen LogP contribution in [0.15, 0.2) is 48.8 Å². The lowest BCUT2D eigenvalue weighted by atomic mass is 9.96. The Hall–Kier alpha value is -3.40. The fraction of sp³-hybridized carbons (Fsp3) is 0.516. The van der Waals surface area contributed by atoms with Crippen molar-refractivity contribution in [3.63, 3.8) is 0 Å². The number of nitrogens with two attached hydrogens (primary N) is 1. The molecule has 0 bridgehead atoms. The Bertz CT molecular complexity index is 1740. The van der Waals surface area contributed by atoms with E-state index < -0.39 is 50.7 Å². The molecule has 6 N–H and O–H groups in total. The highest BCUT2D eigenvalue weighted by Gasteiger charge is 2.54. The van der Waals surface area contributed by atoms with Gasteiger partial charge in [0.15, 0.2) is 23.7 Å². The van der Waals surface area contributed by atoms with Crippen molar-refractivity contribution in [1.82, 2.24) is 24.6 Å². The van der Waals surface area contributed by atoms with Gasteiger partial charge in [-0.25, -0.2) is 14.6 Å². The third kappa shape index (κ3) is 7.68. The molecule has 0 radical (unpaired) electrons. The van der Waals surface area contributed by atoms with Crippen LogP contribution < -0.4 is 20.1 Å². The van der Waals surface area contributed by atoms with E-state index in [1.807, 2.05) is 51.1 Å². The number of ether oxygens (including phenoxy) is 3. The molecule has 1 aliphatic heterocycles. The lowest BCUT2D eigenvalue weighted by Crippen LogP contribution is -2.44. The molecule has 5 rings (SSSR count). The fourth-order valence-electron chi connectivity index (χ4n) is 5.15. The molecule has 1 aliphatic rings. The highest BCUT2D eigenvalue weighted by Crippen LogP contribution is 2.49. The van der Waals surface area contributed by atoms with Crippen LogP contribution in [0, 0.1) is 5.41 Å². The lowest BCUT2D eigenvalue weighted by molar-refractivity contribution is -0.131. The zero-order chi connectivity index (χ0) is 34.1. The summed E-state index contributed by atoms with van der Waals surface area (Å²) in [6.07, 6.45) is -3.90. The summed E-state index contributed by atoms with van der Waals surface area (Å²) in [5.74, 6) is 0.342. The number of hydrogen-bond donors (Lipinski definition) is 5. The molecule has 16 heteroatoms. The summed E-state index contributed by atoms with van der Waals surface area (Å²) in [5.41, 5.74) is 4.29. The first-order valence-corrected chi connectivity index (χ1v) is 16.8. The third-order valence-corrected chi connectivity index (χ3v) is 9.20. The van der Waals surface area contributed by atoms with Gasteiger partial charge in [-0.1, -0.05) is 57.2 Å². The number of imidazole rings is 1. The van der Waals surface area contributed by atoms with E-state index >= 15 is 0 Å². The van der Waals surface area contributed by atoms with Gasteiger partial charge in [0.05, 0.1) is 32.2 Å². The fourth-order valence-corrected chi connectivity index (χ4v) is 6.72. The Balaban J connectivity index is 1.40. The van der Waals surface area contributed by atoms with Crippen LogP contribution in [-0.2, 0) is 18.6 Å². The van der Waals surface area contributed by atoms with Crippen LogP contribution in [0.3, 0.4) is 0 Å².